The minimum atomic E-state index is -1.81. The van der Waals surface area contributed by atoms with Crippen LogP contribution in [0.15, 0.2) is 0 Å². The van der Waals surface area contributed by atoms with Gasteiger partial charge in [0.15, 0.2) is 0 Å². The Hall–Kier alpha value is -2.91. The zero-order valence-corrected chi connectivity index (χ0v) is 19.1. The largest absolute Gasteiger partial charge is 0.481 e. The van der Waals surface area contributed by atoms with E-state index in [0.717, 1.165) is 6.92 Å². The number of hydrogen-bond donors (Lipinski definition) is 8. The van der Waals surface area contributed by atoms with Crippen LogP contribution in [0.25, 0.3) is 0 Å². The highest BCUT2D eigenvalue weighted by Crippen LogP contribution is 2.05. The van der Waals surface area contributed by atoms with Gasteiger partial charge in [-0.2, -0.15) is 11.8 Å². The maximum atomic E-state index is 12.7. The molecule has 0 saturated carbocycles. The van der Waals surface area contributed by atoms with Crippen molar-refractivity contribution in [3.63, 3.8) is 0 Å². The summed E-state index contributed by atoms with van der Waals surface area (Å²) in [6, 6.07) is -5.78. The van der Waals surface area contributed by atoms with E-state index in [4.69, 9.17) is 21.7 Å². The first-order chi connectivity index (χ1) is 15.3. The summed E-state index contributed by atoms with van der Waals surface area (Å²) in [5.41, 5.74) is 10.9. The second-order valence-corrected chi connectivity index (χ2v) is 8.16. The fourth-order valence-electron chi connectivity index (χ4n) is 2.51. The zero-order valence-electron chi connectivity index (χ0n) is 18.3. The van der Waals surface area contributed by atoms with E-state index in [1.807, 2.05) is 11.6 Å². The van der Waals surface area contributed by atoms with Gasteiger partial charge in [0.25, 0.3) is 0 Å². The molecule has 0 spiro atoms. The number of aliphatic hydroxyl groups excluding tert-OH is 1. The Morgan fingerprint density at radius 2 is 1.48 bits per heavy atom. The molecule has 0 aromatic heterocycles. The first kappa shape index (κ1) is 30.1. The monoisotopic (exact) mass is 493 g/mol. The van der Waals surface area contributed by atoms with Gasteiger partial charge < -0.3 is 42.7 Å². The molecule has 0 aromatic carbocycles. The number of hydrogen-bond acceptors (Lipinski definition) is 9. The summed E-state index contributed by atoms with van der Waals surface area (Å²) < 4.78 is 0. The van der Waals surface area contributed by atoms with Crippen LogP contribution in [0.2, 0.25) is 0 Å². The first-order valence-corrected chi connectivity index (χ1v) is 11.3. The van der Waals surface area contributed by atoms with Crippen molar-refractivity contribution < 1.29 is 44.1 Å². The molecule has 10 N–H and O–H groups in total. The normalized spacial score (nSPS) is 15.3. The van der Waals surface area contributed by atoms with Gasteiger partial charge in [0.2, 0.25) is 23.6 Å². The fourth-order valence-corrected chi connectivity index (χ4v) is 2.99. The molecule has 0 aromatic rings. The number of aliphatic hydroxyl groups is 1. The molecule has 0 aliphatic rings. The zero-order chi connectivity index (χ0) is 25.7. The molecule has 188 valence electrons. The highest BCUT2D eigenvalue weighted by atomic mass is 32.2. The third-order valence-electron chi connectivity index (χ3n) is 4.34. The number of carbonyl (C=O) groups excluding carboxylic acids is 4. The van der Waals surface area contributed by atoms with Gasteiger partial charge in [-0.1, -0.05) is 0 Å². The molecular formula is C18H31N5O9S. The summed E-state index contributed by atoms with van der Waals surface area (Å²) in [5, 5.41) is 34.2. The maximum absolute atomic E-state index is 12.7. The molecule has 0 heterocycles. The van der Waals surface area contributed by atoms with Crippen molar-refractivity contribution in [1.82, 2.24) is 16.0 Å². The molecule has 0 bridgehead atoms. The van der Waals surface area contributed by atoms with Crippen LogP contribution >= 0.6 is 11.8 Å². The van der Waals surface area contributed by atoms with E-state index < -0.39 is 72.3 Å². The maximum Gasteiger partial charge on any atom is 0.326 e. The molecule has 14 nitrogen and oxygen atoms in total. The number of nitrogens with one attached hydrogen (secondary N) is 3. The Morgan fingerprint density at radius 3 is 1.94 bits per heavy atom. The number of carbonyl (C=O) groups is 6. The van der Waals surface area contributed by atoms with Crippen LogP contribution in [-0.2, 0) is 28.8 Å². The summed E-state index contributed by atoms with van der Waals surface area (Å²) in [6.07, 6.45) is -0.843. The van der Waals surface area contributed by atoms with E-state index in [9.17, 15) is 33.9 Å². The van der Waals surface area contributed by atoms with Crippen molar-refractivity contribution in [2.24, 2.45) is 11.5 Å². The molecule has 0 rings (SSSR count). The number of nitrogens with two attached hydrogens (primary N) is 2. The minimum absolute atomic E-state index is 0.229. The Kier molecular flexibility index (Phi) is 13.7. The van der Waals surface area contributed by atoms with Crippen LogP contribution in [0.1, 0.15) is 32.6 Å². The molecule has 4 amide bonds. The van der Waals surface area contributed by atoms with E-state index in [0.29, 0.717) is 12.2 Å². The van der Waals surface area contributed by atoms with Gasteiger partial charge in [-0.3, -0.25) is 24.0 Å². The van der Waals surface area contributed by atoms with Crippen molar-refractivity contribution in [2.45, 2.75) is 62.9 Å². The predicted octanol–water partition coefficient (Wildman–Crippen LogP) is -3.27. The minimum Gasteiger partial charge on any atom is -0.481 e. The summed E-state index contributed by atoms with van der Waals surface area (Å²) in [5.74, 6) is -6.11. The third-order valence-corrected chi connectivity index (χ3v) is 4.98. The van der Waals surface area contributed by atoms with Crippen molar-refractivity contribution in [3.8, 4) is 0 Å². The smallest absolute Gasteiger partial charge is 0.326 e. The number of rotatable bonds is 16. The number of carboxylic acid groups (broad SMARTS) is 2. The Morgan fingerprint density at radius 1 is 0.909 bits per heavy atom. The fraction of sp³-hybridized carbons (Fsp3) is 0.667. The lowest BCUT2D eigenvalue weighted by atomic mass is 10.1. The third kappa shape index (κ3) is 12.1. The molecule has 0 radical (unpaired) electrons. The van der Waals surface area contributed by atoms with Crippen LogP contribution in [0, 0.1) is 0 Å². The molecule has 5 unspecified atom stereocenters. The van der Waals surface area contributed by atoms with Crippen molar-refractivity contribution in [3.05, 3.63) is 0 Å². The van der Waals surface area contributed by atoms with Crippen LogP contribution in [0.4, 0.5) is 0 Å². The second kappa shape index (κ2) is 15.0. The number of aliphatic carboxylic acids is 2. The van der Waals surface area contributed by atoms with Gasteiger partial charge in [0.05, 0.1) is 18.6 Å². The highest BCUT2D eigenvalue weighted by molar-refractivity contribution is 7.98. The quantitative estimate of drug-likeness (QED) is 0.106. The summed E-state index contributed by atoms with van der Waals surface area (Å²) in [6.45, 7) is 1.13. The van der Waals surface area contributed by atoms with E-state index in [-0.39, 0.29) is 12.8 Å². The van der Waals surface area contributed by atoms with Gasteiger partial charge in [-0.15, -0.1) is 0 Å². The van der Waals surface area contributed by atoms with Crippen molar-refractivity contribution >= 4 is 47.3 Å². The lowest BCUT2D eigenvalue weighted by Crippen LogP contribution is -2.60. The van der Waals surface area contributed by atoms with Crippen molar-refractivity contribution in [2.75, 3.05) is 12.0 Å². The average Bonchev–Trinajstić information content (AvgIpc) is 2.71. The van der Waals surface area contributed by atoms with Crippen LogP contribution < -0.4 is 27.4 Å². The Labute approximate surface area is 194 Å². The number of amides is 4. The molecular weight excluding hydrogens is 462 g/mol. The van der Waals surface area contributed by atoms with E-state index in [1.54, 1.807) is 0 Å². The number of carboxylic acids is 2. The first-order valence-electron chi connectivity index (χ1n) is 9.86. The van der Waals surface area contributed by atoms with E-state index in [2.05, 4.69) is 10.6 Å². The van der Waals surface area contributed by atoms with Crippen LogP contribution in [0.5, 0.6) is 0 Å². The van der Waals surface area contributed by atoms with Crippen molar-refractivity contribution in [1.29, 1.82) is 0 Å². The van der Waals surface area contributed by atoms with Gasteiger partial charge in [0.1, 0.15) is 18.1 Å². The topological polar surface area (TPSA) is 251 Å². The Bertz CT molecular complexity index is 734. The van der Waals surface area contributed by atoms with E-state index in [1.165, 1.54) is 11.8 Å². The lowest BCUT2D eigenvalue weighted by Gasteiger charge is -2.26. The Balaban J connectivity index is 5.45. The van der Waals surface area contributed by atoms with Gasteiger partial charge in [0, 0.05) is 6.42 Å². The molecule has 0 aliphatic heterocycles. The predicted molar refractivity (Wildman–Crippen MR) is 117 cm³/mol. The molecule has 0 fully saturated rings. The molecule has 0 saturated heterocycles. The summed E-state index contributed by atoms with van der Waals surface area (Å²) >= 11 is 1.46. The average molecular weight is 494 g/mol. The lowest BCUT2D eigenvalue weighted by molar-refractivity contribution is -0.148. The van der Waals surface area contributed by atoms with Crippen LogP contribution in [0.3, 0.4) is 0 Å². The summed E-state index contributed by atoms with van der Waals surface area (Å²) in [7, 11) is 0. The second-order valence-electron chi connectivity index (χ2n) is 7.18. The van der Waals surface area contributed by atoms with Crippen LogP contribution in [-0.4, -0.2) is 93.2 Å². The highest BCUT2D eigenvalue weighted by Gasteiger charge is 2.33. The van der Waals surface area contributed by atoms with Gasteiger partial charge in [-0.25, -0.2) is 4.79 Å². The molecule has 0 aliphatic carbocycles. The number of thioether (sulfide) groups is 1. The molecule has 33 heavy (non-hydrogen) atoms. The summed E-state index contributed by atoms with van der Waals surface area (Å²) in [4.78, 5) is 70.5. The SMILES string of the molecule is CSCCC(N)C(=O)NC(CCC(N)=O)C(=O)NC(C(=O)NC(CC(=O)O)C(=O)O)C(C)O. The van der Waals surface area contributed by atoms with Gasteiger partial charge >= 0.3 is 11.9 Å². The standard InChI is InChI=1S/C18H31N5O9S/c1-8(24)14(17(30)22-11(18(31)32)7-13(26)27)23-16(29)10(3-4-12(20)25)21-15(28)9(19)5-6-33-2/h8-11,14,24H,3-7,19H2,1-2H3,(H2,20,25)(H,21,28)(H,22,30)(H,23,29)(H,26,27)(H,31,32). The van der Waals surface area contributed by atoms with E-state index >= 15 is 0 Å². The van der Waals surface area contributed by atoms with Gasteiger partial charge in [-0.05, 0) is 31.8 Å². The number of primary amides is 1. The molecule has 15 heteroatoms. The molecule has 5 atom stereocenters.